The highest BCUT2D eigenvalue weighted by Gasteiger charge is 2.52. The molecule has 4 aromatic rings. The van der Waals surface area contributed by atoms with E-state index in [1.54, 1.807) is 6.07 Å². The van der Waals surface area contributed by atoms with E-state index in [1.807, 2.05) is 58.2 Å². The van der Waals surface area contributed by atoms with E-state index >= 15 is 0 Å². The second-order valence-corrected chi connectivity index (χ2v) is 11.8. The molecule has 1 unspecified atom stereocenters. The van der Waals surface area contributed by atoms with Crippen LogP contribution >= 0.6 is 0 Å². The number of hydrogen-bond acceptors (Lipinski definition) is 6. The third-order valence-electron chi connectivity index (χ3n) is 8.81. The number of nitrogens with zero attached hydrogens (tertiary/aromatic N) is 2. The first kappa shape index (κ1) is 26.9. The van der Waals surface area contributed by atoms with Crippen LogP contribution in [0.25, 0.3) is 21.9 Å². The average Bonchev–Trinajstić information content (AvgIpc) is 3.38. The first-order valence-electron chi connectivity index (χ1n) is 13.8. The summed E-state index contributed by atoms with van der Waals surface area (Å²) < 4.78 is 39.8. The summed E-state index contributed by atoms with van der Waals surface area (Å²) in [4.78, 5) is 17.5. The van der Waals surface area contributed by atoms with Crippen LogP contribution in [0.2, 0.25) is 0 Å². The van der Waals surface area contributed by atoms with E-state index in [4.69, 9.17) is 23.8 Å². The van der Waals surface area contributed by atoms with Crippen LogP contribution in [0.1, 0.15) is 62.5 Å². The van der Waals surface area contributed by atoms with Crippen molar-refractivity contribution in [2.45, 2.75) is 57.8 Å². The molecule has 2 aliphatic heterocycles. The maximum atomic E-state index is 14.1. The molecular weight excluding hydrogens is 510 g/mol. The summed E-state index contributed by atoms with van der Waals surface area (Å²) in [7, 11) is 0.801. The third-order valence-corrected chi connectivity index (χ3v) is 8.81. The minimum absolute atomic E-state index is 0.146. The largest absolute Gasteiger partial charge is 0.496 e. The molecule has 2 fully saturated rings. The lowest BCUT2D eigenvalue weighted by Crippen LogP contribution is -2.41. The molecule has 0 amide bonds. The molecule has 6 rings (SSSR count). The number of rotatable bonds is 5. The molecule has 4 heterocycles. The fourth-order valence-electron chi connectivity index (χ4n) is 5.90. The van der Waals surface area contributed by atoms with Gasteiger partial charge in [0.2, 0.25) is 0 Å². The molecule has 0 spiro atoms. The zero-order chi connectivity index (χ0) is 28.2. The Labute approximate surface area is 233 Å². The van der Waals surface area contributed by atoms with Crippen LogP contribution in [0, 0.1) is 11.7 Å². The molecule has 9 heteroatoms. The Bertz CT molecular complexity index is 1560. The van der Waals surface area contributed by atoms with Crippen LogP contribution in [0.3, 0.4) is 0 Å². The van der Waals surface area contributed by atoms with E-state index in [1.165, 1.54) is 19.2 Å². The van der Waals surface area contributed by atoms with Crippen molar-refractivity contribution in [1.82, 2.24) is 9.55 Å². The Balaban J connectivity index is 1.61. The van der Waals surface area contributed by atoms with Crippen LogP contribution in [0.15, 0.2) is 54.7 Å². The Kier molecular flexibility index (Phi) is 6.72. The van der Waals surface area contributed by atoms with Gasteiger partial charge in [0.15, 0.2) is 0 Å². The quantitative estimate of drug-likeness (QED) is 0.247. The standard InChI is InChI=1S/C31H34BFN2O5/c1-30(2)31(3,4)40-32(39-30)22-17-26-27(34-18-22)24-11-8-21(29(36)37-5)16-25(24)35(26)28(20-12-14-38-15-13-20)19-6-9-23(33)10-7-19/h6-11,16-18,20,28H,12-15H2,1-5H3. The second kappa shape index (κ2) is 9.98. The SMILES string of the molecule is COC(=O)c1ccc2c3ncc(B4OC(C)(C)C(C)(C)O4)cc3n(C(c3ccc(F)cc3)C3CCOCC3)c2c1. The Morgan fingerprint density at radius 3 is 2.35 bits per heavy atom. The molecule has 208 valence electrons. The number of carbonyl (C=O) groups excluding carboxylic acids is 1. The summed E-state index contributed by atoms with van der Waals surface area (Å²) in [5.41, 5.74) is 3.83. The van der Waals surface area contributed by atoms with Crippen LogP contribution in [-0.2, 0) is 18.8 Å². The summed E-state index contributed by atoms with van der Waals surface area (Å²) >= 11 is 0. The van der Waals surface area contributed by atoms with Crippen molar-refractivity contribution in [3.05, 3.63) is 71.7 Å². The van der Waals surface area contributed by atoms with Gasteiger partial charge in [0.1, 0.15) is 5.82 Å². The maximum absolute atomic E-state index is 14.1. The molecule has 40 heavy (non-hydrogen) atoms. The van der Waals surface area contributed by atoms with Crippen molar-refractivity contribution >= 4 is 40.5 Å². The molecular formula is C31H34BFN2O5. The monoisotopic (exact) mass is 544 g/mol. The summed E-state index contributed by atoms with van der Waals surface area (Å²) in [6, 6.07) is 14.2. The molecule has 7 nitrogen and oxygen atoms in total. The van der Waals surface area contributed by atoms with E-state index in [2.05, 4.69) is 10.6 Å². The molecule has 2 aromatic heterocycles. The molecule has 1 atom stereocenters. The van der Waals surface area contributed by atoms with Crippen molar-refractivity contribution in [1.29, 1.82) is 0 Å². The number of ether oxygens (including phenoxy) is 2. The number of esters is 1. The second-order valence-electron chi connectivity index (χ2n) is 11.8. The number of fused-ring (bicyclic) bond motifs is 3. The zero-order valence-electron chi connectivity index (χ0n) is 23.6. The molecule has 0 saturated carbocycles. The van der Waals surface area contributed by atoms with E-state index < -0.39 is 24.3 Å². The summed E-state index contributed by atoms with van der Waals surface area (Å²) in [6.07, 6.45) is 3.51. The first-order valence-corrected chi connectivity index (χ1v) is 13.8. The highest BCUT2D eigenvalue weighted by atomic mass is 19.1. The Morgan fingerprint density at radius 2 is 1.70 bits per heavy atom. The average molecular weight is 544 g/mol. The number of methoxy groups -OCH3 is 1. The van der Waals surface area contributed by atoms with Crippen molar-refractivity contribution in [3.63, 3.8) is 0 Å². The smallest absolute Gasteiger partial charge is 0.465 e. The van der Waals surface area contributed by atoms with Gasteiger partial charge < -0.3 is 23.3 Å². The molecule has 0 aliphatic carbocycles. The van der Waals surface area contributed by atoms with Crippen molar-refractivity contribution in [2.24, 2.45) is 5.92 Å². The number of aromatic nitrogens is 2. The van der Waals surface area contributed by atoms with Crippen molar-refractivity contribution in [2.75, 3.05) is 20.3 Å². The fraction of sp³-hybridized carbons (Fsp3) is 0.419. The number of carbonyl (C=O) groups is 1. The van der Waals surface area contributed by atoms with Crippen LogP contribution in [0.4, 0.5) is 4.39 Å². The van der Waals surface area contributed by atoms with E-state index in [9.17, 15) is 9.18 Å². The summed E-state index contributed by atoms with van der Waals surface area (Å²) in [5, 5.41) is 0.919. The lowest BCUT2D eigenvalue weighted by atomic mass is 9.80. The molecule has 2 saturated heterocycles. The highest BCUT2D eigenvalue weighted by Crippen LogP contribution is 2.41. The van der Waals surface area contributed by atoms with Crippen molar-refractivity contribution in [3.8, 4) is 0 Å². The molecule has 0 N–H and O–H groups in total. The van der Waals surface area contributed by atoms with Crippen LogP contribution in [-0.4, -0.2) is 54.2 Å². The van der Waals surface area contributed by atoms with E-state index in [-0.39, 0.29) is 17.8 Å². The third kappa shape index (κ3) is 4.50. The predicted octanol–water partition coefficient (Wildman–Crippen LogP) is 5.43. The Morgan fingerprint density at radius 1 is 1.02 bits per heavy atom. The normalized spacial score (nSPS) is 19.8. The van der Waals surface area contributed by atoms with Gasteiger partial charge in [-0.25, -0.2) is 9.18 Å². The fourth-order valence-corrected chi connectivity index (χ4v) is 5.90. The summed E-state index contributed by atoms with van der Waals surface area (Å²) in [5.74, 6) is -0.469. The van der Waals surface area contributed by atoms with Gasteiger partial charge in [0, 0.05) is 30.3 Å². The molecule has 2 aromatic carbocycles. The van der Waals surface area contributed by atoms with E-state index in [0.717, 1.165) is 45.8 Å². The molecule has 0 bridgehead atoms. The van der Waals surface area contributed by atoms with Crippen molar-refractivity contribution < 1.29 is 28.0 Å². The lowest BCUT2D eigenvalue weighted by molar-refractivity contribution is 0.00578. The topological polar surface area (TPSA) is 71.8 Å². The number of halogens is 1. The lowest BCUT2D eigenvalue weighted by Gasteiger charge is -2.33. The van der Waals surface area contributed by atoms with Gasteiger partial charge in [0.25, 0.3) is 0 Å². The van der Waals surface area contributed by atoms with Gasteiger partial charge in [-0.2, -0.15) is 0 Å². The summed E-state index contributed by atoms with van der Waals surface area (Å²) in [6.45, 7) is 9.43. The van der Waals surface area contributed by atoms with E-state index in [0.29, 0.717) is 18.8 Å². The van der Waals surface area contributed by atoms with Crippen LogP contribution < -0.4 is 5.46 Å². The Hall–Kier alpha value is -3.27. The van der Waals surface area contributed by atoms with Gasteiger partial charge in [0.05, 0.1) is 46.5 Å². The van der Waals surface area contributed by atoms with Gasteiger partial charge >= 0.3 is 13.1 Å². The van der Waals surface area contributed by atoms with Gasteiger partial charge in [-0.15, -0.1) is 0 Å². The maximum Gasteiger partial charge on any atom is 0.496 e. The van der Waals surface area contributed by atoms with Crippen LogP contribution in [0.5, 0.6) is 0 Å². The molecule has 2 aliphatic rings. The zero-order valence-corrected chi connectivity index (χ0v) is 23.6. The predicted molar refractivity (Wildman–Crippen MR) is 152 cm³/mol. The number of pyridine rings is 1. The van der Waals surface area contributed by atoms with Gasteiger partial charge in [-0.3, -0.25) is 4.98 Å². The van der Waals surface area contributed by atoms with Gasteiger partial charge in [-0.05, 0) is 88.4 Å². The first-order chi connectivity index (χ1) is 19.1. The highest BCUT2D eigenvalue weighted by molar-refractivity contribution is 6.62. The number of hydrogen-bond donors (Lipinski definition) is 0. The minimum atomic E-state index is -0.577. The molecule has 0 radical (unpaired) electrons. The van der Waals surface area contributed by atoms with Gasteiger partial charge in [-0.1, -0.05) is 12.1 Å². The number of benzene rings is 2. The minimum Gasteiger partial charge on any atom is -0.465 e.